The first-order valence-corrected chi connectivity index (χ1v) is 11.8. The number of fused-ring (bicyclic) bond motifs is 3. The molecule has 6 atom stereocenters. The summed E-state index contributed by atoms with van der Waals surface area (Å²) in [5.74, 6) is 1.89. The molecule has 5 fully saturated rings. The first-order valence-electron chi connectivity index (χ1n) is 11.8. The van der Waals surface area contributed by atoms with Crippen molar-refractivity contribution in [2.45, 2.75) is 50.7 Å². The van der Waals surface area contributed by atoms with E-state index in [4.69, 9.17) is 9.47 Å². The van der Waals surface area contributed by atoms with E-state index in [1.165, 1.54) is 24.2 Å². The molecule has 0 aromatic carbocycles. The van der Waals surface area contributed by atoms with Gasteiger partial charge in [-0.3, -0.25) is 4.79 Å². The zero-order chi connectivity index (χ0) is 20.3. The van der Waals surface area contributed by atoms with Crippen molar-refractivity contribution >= 4 is 11.9 Å². The Morgan fingerprint density at radius 1 is 1.23 bits per heavy atom. The molecule has 3 aliphatic heterocycles. The number of hydrogen-bond donors (Lipinski definition) is 1. The van der Waals surface area contributed by atoms with E-state index < -0.39 is 0 Å². The van der Waals surface area contributed by atoms with E-state index in [9.17, 15) is 4.79 Å². The summed E-state index contributed by atoms with van der Waals surface area (Å²) in [7, 11) is 0. The van der Waals surface area contributed by atoms with Gasteiger partial charge in [-0.15, -0.1) is 0 Å². The van der Waals surface area contributed by atoms with Gasteiger partial charge in [0.15, 0.2) is 0 Å². The molecule has 30 heavy (non-hydrogen) atoms. The van der Waals surface area contributed by atoms with Crippen LogP contribution in [-0.2, 0) is 14.3 Å². The Balaban J connectivity index is 1.12. The average molecular weight is 414 g/mol. The van der Waals surface area contributed by atoms with Crippen LogP contribution in [0.5, 0.6) is 0 Å². The second-order valence-electron chi connectivity index (χ2n) is 10.6. The normalized spacial score (nSPS) is 43.2. The van der Waals surface area contributed by atoms with Gasteiger partial charge in [0.05, 0.1) is 44.9 Å². The fourth-order valence-corrected chi connectivity index (χ4v) is 7.18. The minimum atomic E-state index is 0.0480. The second-order valence-corrected chi connectivity index (χ2v) is 10.6. The first-order chi connectivity index (χ1) is 14.6. The average Bonchev–Trinajstić information content (AvgIpc) is 3.46. The monoisotopic (exact) mass is 413 g/mol. The fourth-order valence-electron chi connectivity index (χ4n) is 7.18. The SMILES string of the molecule is C[C@]12CCC[C@]3(CO3)[C@@H]1C[C@H]1[C@@H](C2)OC(=O)[C@@H]1C[NH+]1CCN(c2ncccn2)CC1. The van der Waals surface area contributed by atoms with Crippen LogP contribution in [0.4, 0.5) is 5.95 Å². The number of ether oxygens (including phenoxy) is 2. The molecular formula is C23H33N4O3+. The van der Waals surface area contributed by atoms with Gasteiger partial charge in [-0.25, -0.2) is 9.97 Å². The lowest BCUT2D eigenvalue weighted by molar-refractivity contribution is -0.903. The highest BCUT2D eigenvalue weighted by molar-refractivity contribution is 5.75. The van der Waals surface area contributed by atoms with Gasteiger partial charge in [-0.1, -0.05) is 6.92 Å². The van der Waals surface area contributed by atoms with E-state index in [-0.39, 0.29) is 29.0 Å². The number of rotatable bonds is 3. The molecule has 162 valence electrons. The van der Waals surface area contributed by atoms with Gasteiger partial charge in [0, 0.05) is 18.3 Å². The van der Waals surface area contributed by atoms with Gasteiger partial charge >= 0.3 is 5.97 Å². The maximum atomic E-state index is 12.9. The molecule has 2 aliphatic carbocycles. The Hall–Kier alpha value is -1.73. The van der Waals surface area contributed by atoms with Crippen LogP contribution >= 0.6 is 0 Å². The number of carbonyl (C=O) groups is 1. The second kappa shape index (κ2) is 6.89. The molecule has 7 heteroatoms. The quantitative estimate of drug-likeness (QED) is 0.581. The summed E-state index contributed by atoms with van der Waals surface area (Å²) < 4.78 is 12.0. The van der Waals surface area contributed by atoms with E-state index in [0.29, 0.717) is 11.8 Å². The van der Waals surface area contributed by atoms with Crippen molar-refractivity contribution < 1.29 is 19.2 Å². The van der Waals surface area contributed by atoms with Crippen molar-refractivity contribution in [3.8, 4) is 0 Å². The van der Waals surface area contributed by atoms with Crippen molar-refractivity contribution in [2.75, 3.05) is 44.2 Å². The van der Waals surface area contributed by atoms with Crippen LogP contribution in [0.25, 0.3) is 0 Å². The van der Waals surface area contributed by atoms with Crippen LogP contribution in [0.2, 0.25) is 0 Å². The van der Waals surface area contributed by atoms with E-state index in [0.717, 1.165) is 58.1 Å². The number of anilines is 1. The lowest BCUT2D eigenvalue weighted by atomic mass is 9.53. The maximum Gasteiger partial charge on any atom is 0.315 e. The Labute approximate surface area is 178 Å². The third-order valence-corrected chi connectivity index (χ3v) is 8.89. The predicted molar refractivity (Wildman–Crippen MR) is 110 cm³/mol. The standard InChI is InChI=1S/C23H32N4O3/c1-22-4-2-5-23(15-29-23)19(22)12-16-17(20(28)30-18(16)13-22)14-26-8-10-27(11-9-26)21-24-6-3-7-25-21/h3,6-7,16-19H,2,4-5,8-15H2,1H3/p+1/t16-,17-,18-,19-,22-,23+/m1/s1. The molecule has 6 rings (SSSR count). The van der Waals surface area contributed by atoms with Crippen LogP contribution in [0.3, 0.4) is 0 Å². The molecule has 5 aliphatic rings. The van der Waals surface area contributed by atoms with Gasteiger partial charge in [0.25, 0.3) is 0 Å². The van der Waals surface area contributed by atoms with E-state index >= 15 is 0 Å². The largest absolute Gasteiger partial charge is 0.462 e. The molecule has 0 radical (unpaired) electrons. The van der Waals surface area contributed by atoms with Crippen molar-refractivity contribution in [1.82, 2.24) is 9.97 Å². The number of epoxide rings is 1. The minimum Gasteiger partial charge on any atom is -0.462 e. The zero-order valence-corrected chi connectivity index (χ0v) is 17.9. The highest BCUT2D eigenvalue weighted by atomic mass is 16.6. The number of piperazine rings is 1. The minimum absolute atomic E-state index is 0.0480. The molecule has 1 N–H and O–H groups in total. The van der Waals surface area contributed by atoms with Crippen LogP contribution in [-0.4, -0.2) is 67.0 Å². The molecule has 1 aromatic heterocycles. The summed E-state index contributed by atoms with van der Waals surface area (Å²) in [6.07, 6.45) is 9.57. The molecule has 0 unspecified atom stereocenters. The Kier molecular flexibility index (Phi) is 4.36. The van der Waals surface area contributed by atoms with Gasteiger partial charge in [-0.05, 0) is 49.5 Å². The molecule has 7 nitrogen and oxygen atoms in total. The molecular weight excluding hydrogens is 380 g/mol. The number of nitrogens with zero attached hydrogens (tertiary/aromatic N) is 3. The number of carbonyl (C=O) groups excluding carboxylic acids is 1. The highest BCUT2D eigenvalue weighted by Gasteiger charge is 2.65. The predicted octanol–water partition coefficient (Wildman–Crippen LogP) is 0.709. The van der Waals surface area contributed by atoms with Gasteiger partial charge < -0.3 is 19.3 Å². The summed E-state index contributed by atoms with van der Waals surface area (Å²) in [4.78, 5) is 25.4. The zero-order valence-electron chi connectivity index (χ0n) is 17.9. The highest BCUT2D eigenvalue weighted by Crippen LogP contribution is 2.62. The number of esters is 1. The van der Waals surface area contributed by atoms with Crippen molar-refractivity contribution in [1.29, 1.82) is 0 Å². The molecule has 2 saturated carbocycles. The van der Waals surface area contributed by atoms with Gasteiger partial charge in [0.2, 0.25) is 5.95 Å². The van der Waals surface area contributed by atoms with E-state index in [2.05, 4.69) is 21.8 Å². The Morgan fingerprint density at radius 3 is 2.73 bits per heavy atom. The topological polar surface area (TPSA) is 72.3 Å². The molecule has 3 saturated heterocycles. The number of hydrogen-bond acceptors (Lipinski definition) is 6. The summed E-state index contributed by atoms with van der Waals surface area (Å²) >= 11 is 0. The molecule has 0 amide bonds. The molecule has 1 aromatic rings. The summed E-state index contributed by atoms with van der Waals surface area (Å²) in [6, 6.07) is 1.85. The van der Waals surface area contributed by atoms with Gasteiger partial charge in [0.1, 0.15) is 12.0 Å². The number of aromatic nitrogens is 2. The van der Waals surface area contributed by atoms with Crippen molar-refractivity contribution in [2.24, 2.45) is 23.2 Å². The van der Waals surface area contributed by atoms with Crippen LogP contribution in [0.15, 0.2) is 18.5 Å². The third kappa shape index (κ3) is 3.04. The smallest absolute Gasteiger partial charge is 0.315 e. The Bertz CT molecular complexity index is 808. The van der Waals surface area contributed by atoms with Crippen molar-refractivity contribution in [3.05, 3.63) is 18.5 Å². The first kappa shape index (κ1) is 19.0. The van der Waals surface area contributed by atoms with E-state index in [1.54, 1.807) is 12.4 Å². The third-order valence-electron chi connectivity index (χ3n) is 8.89. The maximum absolute atomic E-state index is 12.9. The van der Waals surface area contributed by atoms with Crippen LogP contribution in [0, 0.1) is 23.2 Å². The Morgan fingerprint density at radius 2 is 2.00 bits per heavy atom. The van der Waals surface area contributed by atoms with Crippen molar-refractivity contribution in [3.63, 3.8) is 0 Å². The van der Waals surface area contributed by atoms with Crippen LogP contribution < -0.4 is 9.80 Å². The molecule has 0 bridgehead atoms. The van der Waals surface area contributed by atoms with Crippen LogP contribution in [0.1, 0.15) is 39.0 Å². The van der Waals surface area contributed by atoms with E-state index in [1.807, 2.05) is 6.07 Å². The molecule has 4 heterocycles. The summed E-state index contributed by atoms with van der Waals surface area (Å²) in [5.41, 5.74) is 0.404. The van der Waals surface area contributed by atoms with Gasteiger partial charge in [-0.2, -0.15) is 0 Å². The number of nitrogens with one attached hydrogen (secondary N) is 1. The summed E-state index contributed by atoms with van der Waals surface area (Å²) in [5, 5.41) is 0. The lowest BCUT2D eigenvalue weighted by Gasteiger charge is -2.51. The number of quaternary nitrogens is 1. The molecule has 1 spiro atoms. The fraction of sp³-hybridized carbons (Fsp3) is 0.783. The summed E-state index contributed by atoms with van der Waals surface area (Å²) in [6.45, 7) is 8.17. The lowest BCUT2D eigenvalue weighted by Crippen LogP contribution is -3.15.